The molecule has 0 aliphatic carbocycles. The van der Waals surface area contributed by atoms with Crippen LogP contribution in [0.15, 0.2) is 47.0 Å². The third-order valence-electron chi connectivity index (χ3n) is 5.48. The van der Waals surface area contributed by atoms with Gasteiger partial charge in [0.25, 0.3) is 11.8 Å². The number of carbonyl (C=O) groups excluding carboxylic acids is 4. The van der Waals surface area contributed by atoms with Gasteiger partial charge in [0.1, 0.15) is 27.0 Å². The van der Waals surface area contributed by atoms with E-state index in [-0.39, 0.29) is 27.4 Å². The Morgan fingerprint density at radius 1 is 1.30 bits per heavy atom. The molecule has 2 aromatic rings. The number of halogens is 1. The van der Waals surface area contributed by atoms with Gasteiger partial charge in [-0.2, -0.15) is 0 Å². The second kappa shape index (κ2) is 11.8. The van der Waals surface area contributed by atoms with Crippen LogP contribution in [0.5, 0.6) is 0 Å². The average molecular weight is 609 g/mol. The average Bonchev–Trinajstić information content (AvgIpc) is 3.21. The van der Waals surface area contributed by atoms with Crippen molar-refractivity contribution in [2.45, 2.75) is 44.3 Å². The van der Waals surface area contributed by atoms with Gasteiger partial charge in [-0.3, -0.25) is 14.5 Å². The van der Waals surface area contributed by atoms with Gasteiger partial charge < -0.3 is 30.5 Å². The number of anilines is 1. The van der Waals surface area contributed by atoms with Crippen molar-refractivity contribution in [3.05, 3.63) is 51.9 Å². The molecule has 1 unspecified atom stereocenters. The first-order valence-corrected chi connectivity index (χ1v) is 14.1. The molecule has 0 spiro atoms. The van der Waals surface area contributed by atoms with E-state index in [2.05, 4.69) is 15.5 Å². The fourth-order valence-corrected chi connectivity index (χ4v) is 6.20. The lowest BCUT2D eigenvalue weighted by Crippen LogP contribution is -2.71. The van der Waals surface area contributed by atoms with E-state index in [0.29, 0.717) is 11.3 Å². The quantitative estimate of drug-likeness (QED) is 0.128. The van der Waals surface area contributed by atoms with Crippen LogP contribution in [-0.2, 0) is 35.3 Å². The van der Waals surface area contributed by atoms with Crippen molar-refractivity contribution >= 4 is 69.3 Å². The summed E-state index contributed by atoms with van der Waals surface area (Å²) < 4.78 is 6.97. The highest BCUT2D eigenvalue weighted by molar-refractivity contribution is 8.00. The minimum atomic E-state index is -1.49. The van der Waals surface area contributed by atoms with Crippen molar-refractivity contribution in [2.75, 3.05) is 18.1 Å². The number of esters is 1. The molecule has 4 heterocycles. The lowest BCUT2D eigenvalue weighted by atomic mass is 10.0. The Morgan fingerprint density at radius 2 is 2.00 bits per heavy atom. The Labute approximate surface area is 242 Å². The molecule has 2 aliphatic rings. The van der Waals surface area contributed by atoms with Gasteiger partial charge in [-0.15, -0.1) is 11.8 Å². The number of nitrogens with zero attached hydrogens (tertiary/aromatic N) is 4. The first kappa shape index (κ1) is 29.3. The molecule has 2 atom stereocenters. The van der Waals surface area contributed by atoms with Gasteiger partial charge in [0.15, 0.2) is 29.8 Å². The number of thiazole rings is 1. The van der Waals surface area contributed by atoms with Crippen LogP contribution in [-0.4, -0.2) is 68.7 Å². The maximum Gasteiger partial charge on any atom is 0.347 e. The molecule has 0 aromatic carbocycles. The minimum Gasteiger partial charge on any atom is -0.543 e. The standard InChI is InChI=1S/C24H25ClN6O7S2/c1-24(2,3)38-13(32)10-37-29-15(14-18(25)40-23(26)28-14)19(33)27-16-20(34)31-17(22(35)36)12(11-39-21(16)31)9-30-7-5-4-6-8-30/h4-8,16,21H,9-11H2,1-3H3,(H3-,26,27,28,33,35,36)/b29-15-/t16?,21-/m1/s1. The molecule has 0 bridgehead atoms. The number of ether oxygens (including phenoxy) is 1. The maximum absolute atomic E-state index is 13.3. The number of carboxylic acid groups (broad SMARTS) is 1. The first-order valence-electron chi connectivity index (χ1n) is 11.8. The lowest BCUT2D eigenvalue weighted by molar-refractivity contribution is -0.689. The number of thioether (sulfide) groups is 1. The summed E-state index contributed by atoms with van der Waals surface area (Å²) in [5.41, 5.74) is 4.69. The van der Waals surface area contributed by atoms with Crippen molar-refractivity contribution in [2.24, 2.45) is 5.16 Å². The summed E-state index contributed by atoms with van der Waals surface area (Å²) in [6, 6.07) is 4.35. The molecule has 16 heteroatoms. The fourth-order valence-electron chi connectivity index (χ4n) is 3.94. The molecule has 13 nitrogen and oxygen atoms in total. The minimum absolute atomic E-state index is 0.0334. The van der Waals surface area contributed by atoms with Crippen molar-refractivity contribution in [3.63, 3.8) is 0 Å². The highest BCUT2D eigenvalue weighted by atomic mass is 35.5. The number of nitrogens with one attached hydrogen (secondary N) is 1. The molecular formula is C24H25ClN6O7S2. The number of hydrogen-bond donors (Lipinski definition) is 2. The second-order valence-electron chi connectivity index (χ2n) is 9.62. The van der Waals surface area contributed by atoms with Gasteiger partial charge in [0, 0.05) is 23.5 Å². The predicted molar refractivity (Wildman–Crippen MR) is 144 cm³/mol. The summed E-state index contributed by atoms with van der Waals surface area (Å²) in [6.45, 7) is 4.68. The number of pyridine rings is 1. The normalized spacial score (nSPS) is 19.1. The van der Waals surface area contributed by atoms with Crippen LogP contribution in [0.1, 0.15) is 26.5 Å². The molecule has 212 valence electrons. The summed E-state index contributed by atoms with van der Waals surface area (Å²) in [5.74, 6) is -3.45. The zero-order valence-corrected chi connectivity index (χ0v) is 24.0. The molecule has 2 aromatic heterocycles. The Bertz CT molecular complexity index is 1410. The van der Waals surface area contributed by atoms with E-state index in [1.165, 1.54) is 11.8 Å². The van der Waals surface area contributed by atoms with Crippen molar-refractivity contribution < 1.29 is 38.4 Å². The number of carboxylic acids is 1. The fraction of sp³-hybridized carbons (Fsp3) is 0.375. The maximum atomic E-state index is 13.3. The highest BCUT2D eigenvalue weighted by Gasteiger charge is 2.53. The lowest BCUT2D eigenvalue weighted by Gasteiger charge is -2.50. The molecular weight excluding hydrogens is 584 g/mol. The number of nitrogen functional groups attached to an aromatic ring is 1. The largest absolute Gasteiger partial charge is 0.543 e. The van der Waals surface area contributed by atoms with E-state index in [1.54, 1.807) is 49.9 Å². The van der Waals surface area contributed by atoms with E-state index >= 15 is 0 Å². The van der Waals surface area contributed by atoms with E-state index in [4.69, 9.17) is 26.9 Å². The Balaban J connectivity index is 1.52. The van der Waals surface area contributed by atoms with Crippen LogP contribution in [0, 0.1) is 0 Å². The zero-order chi connectivity index (χ0) is 29.2. The van der Waals surface area contributed by atoms with E-state index in [1.807, 2.05) is 6.07 Å². The van der Waals surface area contributed by atoms with Gasteiger partial charge in [-0.05, 0) is 20.8 Å². The molecule has 0 radical (unpaired) electrons. The number of nitrogens with two attached hydrogens (primary N) is 1. The van der Waals surface area contributed by atoms with Gasteiger partial charge in [-0.25, -0.2) is 14.3 Å². The molecule has 1 fully saturated rings. The van der Waals surface area contributed by atoms with Crippen LogP contribution in [0.25, 0.3) is 0 Å². The SMILES string of the molecule is CC(C)(C)OC(=O)CO/N=C(\C(=O)NC1C(=O)N2C(C(=O)[O-])=C(C[n+]3ccccc3)CS[C@H]12)c1nc(N)sc1Cl. The summed E-state index contributed by atoms with van der Waals surface area (Å²) in [4.78, 5) is 60.5. The van der Waals surface area contributed by atoms with Gasteiger partial charge >= 0.3 is 5.97 Å². The summed E-state index contributed by atoms with van der Waals surface area (Å²) in [7, 11) is 0. The first-order chi connectivity index (χ1) is 18.9. The number of oxime groups is 1. The number of aromatic nitrogens is 2. The Hall–Kier alpha value is -3.69. The van der Waals surface area contributed by atoms with Crippen molar-refractivity contribution in [1.29, 1.82) is 0 Å². The molecule has 0 saturated carbocycles. The highest BCUT2D eigenvalue weighted by Crippen LogP contribution is 2.40. The molecule has 4 rings (SSSR count). The van der Waals surface area contributed by atoms with Crippen molar-refractivity contribution in [3.8, 4) is 0 Å². The topological polar surface area (TPSA) is 180 Å². The number of hydrogen-bond acceptors (Lipinski definition) is 12. The van der Waals surface area contributed by atoms with E-state index in [9.17, 15) is 24.3 Å². The third kappa shape index (κ3) is 6.54. The van der Waals surface area contributed by atoms with Crippen LogP contribution in [0.3, 0.4) is 0 Å². The molecule has 3 N–H and O–H groups in total. The smallest absolute Gasteiger partial charge is 0.347 e. The number of fused-ring (bicyclic) bond motifs is 1. The number of β-lactam (4-membered cyclic amide) rings is 1. The molecule has 1 saturated heterocycles. The second-order valence-corrected chi connectivity index (χ2v) is 12.4. The summed E-state index contributed by atoms with van der Waals surface area (Å²) in [5, 5.41) is 17.7. The monoisotopic (exact) mass is 608 g/mol. The predicted octanol–water partition coefficient (Wildman–Crippen LogP) is -0.167. The van der Waals surface area contributed by atoms with Crippen LogP contribution in [0.4, 0.5) is 5.13 Å². The number of rotatable bonds is 9. The van der Waals surface area contributed by atoms with E-state index < -0.39 is 53.1 Å². The van der Waals surface area contributed by atoms with Crippen LogP contribution >= 0.6 is 34.7 Å². The Kier molecular flexibility index (Phi) is 8.65. The van der Waals surface area contributed by atoms with Gasteiger partial charge in [-0.1, -0.05) is 34.2 Å². The zero-order valence-electron chi connectivity index (χ0n) is 21.6. The Morgan fingerprint density at radius 3 is 2.60 bits per heavy atom. The summed E-state index contributed by atoms with van der Waals surface area (Å²) >= 11 is 8.36. The summed E-state index contributed by atoms with van der Waals surface area (Å²) in [6.07, 6.45) is 3.56. The van der Waals surface area contributed by atoms with Crippen LogP contribution < -0.4 is 20.7 Å². The molecule has 2 aliphatic heterocycles. The number of amides is 2. The number of aliphatic carboxylic acids is 1. The number of carbonyl (C=O) groups is 4. The molecule has 40 heavy (non-hydrogen) atoms. The van der Waals surface area contributed by atoms with Gasteiger partial charge in [0.05, 0.1) is 11.7 Å². The van der Waals surface area contributed by atoms with Crippen LogP contribution in [0.2, 0.25) is 4.34 Å². The third-order valence-corrected chi connectivity index (χ3v) is 7.90. The molecule has 2 amide bonds. The van der Waals surface area contributed by atoms with Gasteiger partial charge in [0.2, 0.25) is 6.61 Å². The van der Waals surface area contributed by atoms with E-state index in [0.717, 1.165) is 16.2 Å². The van der Waals surface area contributed by atoms with Crippen molar-refractivity contribution in [1.82, 2.24) is 15.2 Å².